The molecule has 27 heavy (non-hydrogen) atoms. The van der Waals surface area contributed by atoms with E-state index in [1.54, 1.807) is 41.4 Å². The van der Waals surface area contributed by atoms with E-state index in [0.717, 1.165) is 11.1 Å². The van der Waals surface area contributed by atoms with Gasteiger partial charge in [-0.2, -0.15) is 0 Å². The van der Waals surface area contributed by atoms with E-state index >= 15 is 0 Å². The molecule has 0 saturated heterocycles. The Morgan fingerprint density at radius 2 is 2.00 bits per heavy atom. The maximum absolute atomic E-state index is 13.3. The number of rotatable bonds is 6. The predicted octanol–water partition coefficient (Wildman–Crippen LogP) is 2.55. The fourth-order valence-electron chi connectivity index (χ4n) is 2.71. The summed E-state index contributed by atoms with van der Waals surface area (Å²) in [7, 11) is 3.36. The van der Waals surface area contributed by atoms with Gasteiger partial charge in [-0.25, -0.2) is 19.2 Å². The molecule has 2 amide bonds. The number of carbonyl (C=O) groups excluding carboxylic acids is 1. The number of hydrogen-bond donors (Lipinski definition) is 2. The first-order valence-corrected chi connectivity index (χ1v) is 8.33. The number of imidazole rings is 1. The Bertz CT molecular complexity index is 910. The number of ether oxygens (including phenoxy) is 1. The Balaban J connectivity index is 1.75. The molecule has 2 heterocycles. The summed E-state index contributed by atoms with van der Waals surface area (Å²) >= 11 is 0. The quantitative estimate of drug-likeness (QED) is 0.700. The van der Waals surface area contributed by atoms with Crippen LogP contribution in [0.15, 0.2) is 55.0 Å². The van der Waals surface area contributed by atoms with E-state index in [1.165, 1.54) is 19.2 Å². The molecule has 0 bridgehead atoms. The van der Waals surface area contributed by atoms with Gasteiger partial charge in [0.15, 0.2) is 0 Å². The normalized spacial score (nSPS) is 11.7. The largest absolute Gasteiger partial charge is 0.481 e. The van der Waals surface area contributed by atoms with E-state index in [0.29, 0.717) is 11.7 Å². The Kier molecular flexibility index (Phi) is 5.65. The van der Waals surface area contributed by atoms with Crippen molar-refractivity contribution >= 4 is 6.03 Å². The number of aryl methyl sites for hydroxylation is 1. The standard InChI is InChI=1S/C19H20FN5O2/c1-25-11-10-21-17(25)16(13-5-7-15(20)8-6-13)24-19(26)23-12-14-4-3-9-22-18(14)27-2/h3-11,16H,12H2,1-2H3,(H2,23,24,26)/t16-/m1/s1. The predicted molar refractivity (Wildman–Crippen MR) is 97.6 cm³/mol. The van der Waals surface area contributed by atoms with E-state index in [9.17, 15) is 9.18 Å². The third-order valence-corrected chi connectivity index (χ3v) is 4.08. The van der Waals surface area contributed by atoms with Crippen LogP contribution in [0.3, 0.4) is 0 Å². The highest BCUT2D eigenvalue weighted by Crippen LogP contribution is 2.21. The summed E-state index contributed by atoms with van der Waals surface area (Å²) in [6.07, 6.45) is 5.05. The minimum Gasteiger partial charge on any atom is -0.481 e. The highest BCUT2D eigenvalue weighted by Gasteiger charge is 2.21. The van der Waals surface area contributed by atoms with Gasteiger partial charge >= 0.3 is 6.03 Å². The fourth-order valence-corrected chi connectivity index (χ4v) is 2.71. The topological polar surface area (TPSA) is 81.1 Å². The van der Waals surface area contributed by atoms with Crippen LogP contribution >= 0.6 is 0 Å². The number of pyridine rings is 1. The van der Waals surface area contributed by atoms with Crippen LogP contribution in [0.25, 0.3) is 0 Å². The Morgan fingerprint density at radius 3 is 2.67 bits per heavy atom. The summed E-state index contributed by atoms with van der Waals surface area (Å²) in [4.78, 5) is 20.9. The number of amides is 2. The zero-order chi connectivity index (χ0) is 19.2. The lowest BCUT2D eigenvalue weighted by Crippen LogP contribution is -2.39. The SMILES string of the molecule is COc1ncccc1CNC(=O)N[C@H](c1ccc(F)cc1)c1nccn1C. The van der Waals surface area contributed by atoms with Gasteiger partial charge in [0.1, 0.15) is 17.7 Å². The zero-order valence-corrected chi connectivity index (χ0v) is 15.0. The molecule has 1 atom stereocenters. The Labute approximate surface area is 156 Å². The number of methoxy groups -OCH3 is 1. The third kappa shape index (κ3) is 4.41. The van der Waals surface area contributed by atoms with Crippen LogP contribution in [-0.4, -0.2) is 27.7 Å². The number of benzene rings is 1. The third-order valence-electron chi connectivity index (χ3n) is 4.08. The van der Waals surface area contributed by atoms with Gasteiger partial charge in [0.2, 0.25) is 5.88 Å². The summed E-state index contributed by atoms with van der Waals surface area (Å²) in [6.45, 7) is 0.250. The van der Waals surface area contributed by atoms with Gasteiger partial charge < -0.3 is 19.9 Å². The highest BCUT2D eigenvalue weighted by molar-refractivity contribution is 5.75. The molecule has 0 aliphatic rings. The molecule has 0 spiro atoms. The Hall–Kier alpha value is -3.42. The van der Waals surface area contributed by atoms with Crippen molar-refractivity contribution in [3.8, 4) is 5.88 Å². The first-order chi connectivity index (χ1) is 13.1. The molecule has 0 radical (unpaired) electrons. The van der Waals surface area contributed by atoms with Crippen LogP contribution in [0.1, 0.15) is 23.0 Å². The first-order valence-electron chi connectivity index (χ1n) is 8.33. The van der Waals surface area contributed by atoms with Crippen LogP contribution in [0.4, 0.5) is 9.18 Å². The first kappa shape index (κ1) is 18.4. The van der Waals surface area contributed by atoms with Crippen LogP contribution in [-0.2, 0) is 13.6 Å². The number of urea groups is 1. The highest BCUT2D eigenvalue weighted by atomic mass is 19.1. The number of carbonyl (C=O) groups is 1. The van der Waals surface area contributed by atoms with Gasteiger partial charge in [0.05, 0.1) is 7.11 Å². The molecule has 8 heteroatoms. The zero-order valence-electron chi connectivity index (χ0n) is 15.0. The minimum atomic E-state index is -0.526. The molecule has 0 fully saturated rings. The van der Waals surface area contributed by atoms with Crippen LogP contribution in [0, 0.1) is 5.82 Å². The molecule has 0 unspecified atom stereocenters. The summed E-state index contributed by atoms with van der Waals surface area (Å²) in [6, 6.07) is 8.63. The van der Waals surface area contributed by atoms with Crippen molar-refractivity contribution in [1.82, 2.24) is 25.2 Å². The monoisotopic (exact) mass is 369 g/mol. The molecular formula is C19H20FN5O2. The second-order valence-corrected chi connectivity index (χ2v) is 5.88. The summed E-state index contributed by atoms with van der Waals surface area (Å²) in [5.74, 6) is 0.748. The fraction of sp³-hybridized carbons (Fsp3) is 0.211. The maximum Gasteiger partial charge on any atom is 0.315 e. The van der Waals surface area contributed by atoms with Crippen LogP contribution in [0.2, 0.25) is 0 Å². The molecule has 3 aromatic rings. The Morgan fingerprint density at radius 1 is 1.22 bits per heavy atom. The van der Waals surface area contributed by atoms with E-state index < -0.39 is 12.1 Å². The molecular weight excluding hydrogens is 349 g/mol. The van der Waals surface area contributed by atoms with Gasteiger partial charge in [0.25, 0.3) is 0 Å². The number of halogens is 1. The number of aromatic nitrogens is 3. The molecule has 1 aromatic carbocycles. The molecule has 140 valence electrons. The van der Waals surface area contributed by atoms with E-state index in [2.05, 4.69) is 20.6 Å². The lowest BCUT2D eigenvalue weighted by Gasteiger charge is -2.19. The molecule has 2 aromatic heterocycles. The van der Waals surface area contributed by atoms with Gasteiger partial charge in [-0.05, 0) is 23.8 Å². The van der Waals surface area contributed by atoms with Crippen molar-refractivity contribution in [3.63, 3.8) is 0 Å². The van der Waals surface area contributed by atoms with Gasteiger partial charge in [0, 0.05) is 37.7 Å². The molecule has 7 nitrogen and oxygen atoms in total. The summed E-state index contributed by atoms with van der Waals surface area (Å²) < 4.78 is 20.3. The van der Waals surface area contributed by atoms with E-state index in [1.807, 2.05) is 13.1 Å². The van der Waals surface area contributed by atoms with Crippen molar-refractivity contribution in [2.24, 2.45) is 7.05 Å². The van der Waals surface area contributed by atoms with E-state index in [-0.39, 0.29) is 12.4 Å². The minimum absolute atomic E-state index is 0.250. The number of nitrogens with one attached hydrogen (secondary N) is 2. The molecule has 3 rings (SSSR count). The smallest absolute Gasteiger partial charge is 0.315 e. The second kappa shape index (κ2) is 8.31. The van der Waals surface area contributed by atoms with Crippen molar-refractivity contribution in [2.75, 3.05) is 7.11 Å². The molecule has 0 aliphatic carbocycles. The summed E-state index contributed by atoms with van der Waals surface area (Å²) in [5, 5.41) is 5.67. The van der Waals surface area contributed by atoms with E-state index in [4.69, 9.17) is 4.74 Å². The van der Waals surface area contributed by atoms with Gasteiger partial charge in [-0.1, -0.05) is 18.2 Å². The van der Waals surface area contributed by atoms with Crippen LogP contribution < -0.4 is 15.4 Å². The van der Waals surface area contributed by atoms with Crippen molar-refractivity contribution in [1.29, 1.82) is 0 Å². The van der Waals surface area contributed by atoms with Crippen molar-refractivity contribution in [3.05, 3.63) is 77.8 Å². The molecule has 0 aliphatic heterocycles. The van der Waals surface area contributed by atoms with Crippen molar-refractivity contribution < 1.29 is 13.9 Å². The van der Waals surface area contributed by atoms with Crippen molar-refractivity contribution in [2.45, 2.75) is 12.6 Å². The molecule has 0 saturated carbocycles. The average Bonchev–Trinajstić information content (AvgIpc) is 3.11. The maximum atomic E-state index is 13.3. The molecule has 2 N–H and O–H groups in total. The van der Waals surface area contributed by atoms with Crippen LogP contribution in [0.5, 0.6) is 5.88 Å². The lowest BCUT2D eigenvalue weighted by atomic mass is 10.1. The van der Waals surface area contributed by atoms with Gasteiger partial charge in [-0.3, -0.25) is 0 Å². The average molecular weight is 369 g/mol. The second-order valence-electron chi connectivity index (χ2n) is 5.88. The van der Waals surface area contributed by atoms with Gasteiger partial charge in [-0.15, -0.1) is 0 Å². The summed E-state index contributed by atoms with van der Waals surface area (Å²) in [5.41, 5.74) is 1.48. The number of nitrogens with zero attached hydrogens (tertiary/aromatic N) is 3. The lowest BCUT2D eigenvalue weighted by molar-refractivity contribution is 0.237. The number of hydrogen-bond acceptors (Lipinski definition) is 4.